The van der Waals surface area contributed by atoms with Crippen LogP contribution in [0.4, 0.5) is 13.2 Å². The van der Waals surface area contributed by atoms with Gasteiger partial charge in [0.05, 0.1) is 0 Å². The summed E-state index contributed by atoms with van der Waals surface area (Å²) in [5, 5.41) is 8.61. The summed E-state index contributed by atoms with van der Waals surface area (Å²) in [5.41, 5.74) is -1.90. The summed E-state index contributed by atoms with van der Waals surface area (Å²) in [6.07, 6.45) is -4.96. The molecule has 0 saturated carbocycles. The molecule has 0 aliphatic carbocycles. The summed E-state index contributed by atoms with van der Waals surface area (Å²) in [5.74, 6) is -2.39. The van der Waals surface area contributed by atoms with E-state index < -0.39 is 29.3 Å². The Labute approximate surface area is 100 Å². The maximum atomic E-state index is 11.9. The lowest BCUT2D eigenvalue weighted by atomic mass is 10.1. The fourth-order valence-electron chi connectivity index (χ4n) is 1.11. The number of aromatic amines is 1. The number of pyridine rings is 1. The number of carboxylic acids is 1. The summed E-state index contributed by atoms with van der Waals surface area (Å²) >= 11 is 2.87. The minimum absolute atomic E-state index is 0.0905. The van der Waals surface area contributed by atoms with E-state index in [1.165, 1.54) is 0 Å². The Morgan fingerprint density at radius 1 is 1.53 bits per heavy atom. The molecule has 1 heterocycles. The van der Waals surface area contributed by atoms with E-state index in [1.807, 2.05) is 0 Å². The zero-order valence-electron chi connectivity index (χ0n) is 7.97. The third-order valence-corrected chi connectivity index (χ3v) is 2.28. The minimum atomic E-state index is -4.96. The van der Waals surface area contributed by atoms with E-state index in [2.05, 4.69) is 20.7 Å². The van der Waals surface area contributed by atoms with Gasteiger partial charge in [0.25, 0.3) is 5.56 Å². The van der Waals surface area contributed by atoms with Crippen molar-refractivity contribution in [2.45, 2.75) is 11.7 Å². The number of aromatic nitrogens is 1. The van der Waals surface area contributed by atoms with Gasteiger partial charge in [-0.15, -0.1) is 13.2 Å². The molecule has 2 N–H and O–H groups in total. The standard InChI is InChI=1S/C8H5BrF3NO4/c9-2-3-1-4(17-8(10,11)12)13-6(14)5(3)7(15)16/h1H,2H2,(H,13,14)(H,15,16). The van der Waals surface area contributed by atoms with Crippen LogP contribution >= 0.6 is 15.9 Å². The van der Waals surface area contributed by atoms with Gasteiger partial charge in [0.1, 0.15) is 5.56 Å². The van der Waals surface area contributed by atoms with Crippen molar-refractivity contribution in [3.05, 3.63) is 27.5 Å². The molecule has 9 heteroatoms. The molecule has 1 aromatic heterocycles. The molecule has 0 aliphatic heterocycles. The number of hydrogen-bond donors (Lipinski definition) is 2. The van der Waals surface area contributed by atoms with Crippen molar-refractivity contribution in [3.8, 4) is 5.88 Å². The summed E-state index contributed by atoms with van der Waals surface area (Å²) in [4.78, 5) is 23.6. The number of rotatable bonds is 3. The number of hydrogen-bond acceptors (Lipinski definition) is 3. The molecule has 0 saturated heterocycles. The predicted molar refractivity (Wildman–Crippen MR) is 53.3 cm³/mol. The smallest absolute Gasteiger partial charge is 0.477 e. The first-order valence-electron chi connectivity index (χ1n) is 4.06. The Balaban J connectivity index is 3.28. The van der Waals surface area contributed by atoms with Crippen LogP contribution in [-0.4, -0.2) is 22.4 Å². The SMILES string of the molecule is O=C(O)c1c(CBr)cc(OC(F)(F)F)[nH]c1=O. The third kappa shape index (κ3) is 3.48. The van der Waals surface area contributed by atoms with Gasteiger partial charge >= 0.3 is 12.3 Å². The summed E-state index contributed by atoms with van der Waals surface area (Å²) in [6.45, 7) is 0. The summed E-state index contributed by atoms with van der Waals surface area (Å²) in [6, 6.07) is 0.799. The van der Waals surface area contributed by atoms with Gasteiger partial charge in [-0.1, -0.05) is 15.9 Å². The first kappa shape index (κ1) is 13.6. The van der Waals surface area contributed by atoms with Gasteiger partial charge in [0, 0.05) is 11.4 Å². The molecule has 0 radical (unpaired) electrons. The normalized spacial score (nSPS) is 11.3. The van der Waals surface area contributed by atoms with Gasteiger partial charge in [-0.05, 0) is 5.56 Å². The highest BCUT2D eigenvalue weighted by Crippen LogP contribution is 2.22. The van der Waals surface area contributed by atoms with Crippen LogP contribution in [0.2, 0.25) is 0 Å². The largest absolute Gasteiger partial charge is 0.574 e. The van der Waals surface area contributed by atoms with Gasteiger partial charge in [-0.2, -0.15) is 0 Å². The van der Waals surface area contributed by atoms with Crippen LogP contribution in [0, 0.1) is 0 Å². The molecule has 17 heavy (non-hydrogen) atoms. The number of nitrogens with one attached hydrogen (secondary N) is 1. The Hall–Kier alpha value is -1.51. The quantitative estimate of drug-likeness (QED) is 0.834. The van der Waals surface area contributed by atoms with E-state index in [1.54, 1.807) is 4.98 Å². The lowest BCUT2D eigenvalue weighted by Gasteiger charge is -2.10. The second-order valence-corrected chi connectivity index (χ2v) is 3.41. The second-order valence-electron chi connectivity index (χ2n) is 2.85. The molecule has 0 unspecified atom stereocenters. The second kappa shape index (κ2) is 4.78. The average molecular weight is 316 g/mol. The fraction of sp³-hybridized carbons (Fsp3) is 0.250. The van der Waals surface area contributed by atoms with Crippen molar-refractivity contribution < 1.29 is 27.8 Å². The number of alkyl halides is 4. The Morgan fingerprint density at radius 2 is 2.12 bits per heavy atom. The molecule has 0 aliphatic rings. The maximum Gasteiger partial charge on any atom is 0.574 e. The molecule has 0 bridgehead atoms. The zero-order valence-corrected chi connectivity index (χ0v) is 9.55. The van der Waals surface area contributed by atoms with Gasteiger partial charge in [-0.25, -0.2) is 4.79 Å². The molecule has 0 aromatic carbocycles. The van der Waals surface area contributed by atoms with Crippen molar-refractivity contribution in [2.24, 2.45) is 0 Å². The zero-order chi connectivity index (χ0) is 13.2. The van der Waals surface area contributed by atoms with Gasteiger partial charge in [0.2, 0.25) is 5.88 Å². The fourth-order valence-corrected chi connectivity index (χ4v) is 1.55. The van der Waals surface area contributed by atoms with Crippen LogP contribution in [0.5, 0.6) is 5.88 Å². The lowest BCUT2D eigenvalue weighted by molar-refractivity contribution is -0.276. The number of ether oxygens (including phenoxy) is 1. The van der Waals surface area contributed by atoms with Gasteiger partial charge < -0.3 is 9.84 Å². The summed E-state index contributed by atoms with van der Waals surface area (Å²) < 4.78 is 39.2. The summed E-state index contributed by atoms with van der Waals surface area (Å²) in [7, 11) is 0. The first-order chi connectivity index (χ1) is 7.74. The third-order valence-electron chi connectivity index (χ3n) is 1.67. The van der Waals surface area contributed by atoms with Gasteiger partial charge in [-0.3, -0.25) is 9.78 Å². The van der Waals surface area contributed by atoms with Gasteiger partial charge in [0.15, 0.2) is 0 Å². The van der Waals surface area contributed by atoms with Crippen LogP contribution in [0.25, 0.3) is 0 Å². The van der Waals surface area contributed by atoms with E-state index >= 15 is 0 Å². The first-order valence-corrected chi connectivity index (χ1v) is 5.18. The molecule has 1 aromatic rings. The van der Waals surface area contributed by atoms with Crippen LogP contribution < -0.4 is 10.3 Å². The Kier molecular flexibility index (Phi) is 3.81. The number of aromatic carboxylic acids is 1. The van der Waals surface area contributed by atoms with Crippen LogP contribution in [0.15, 0.2) is 10.9 Å². The molecule has 0 fully saturated rings. The average Bonchev–Trinajstić information content (AvgIpc) is 2.12. The van der Waals surface area contributed by atoms with E-state index in [0.29, 0.717) is 0 Å². The molecule has 5 nitrogen and oxygen atoms in total. The molecular weight excluding hydrogens is 311 g/mol. The molecule has 1 rings (SSSR count). The molecule has 0 atom stereocenters. The van der Waals surface area contributed by atoms with Crippen LogP contribution in [0.1, 0.15) is 15.9 Å². The molecule has 0 spiro atoms. The number of H-pyrrole nitrogens is 1. The maximum absolute atomic E-state index is 11.9. The molecular formula is C8H5BrF3NO4. The van der Waals surface area contributed by atoms with Crippen molar-refractivity contribution in [1.29, 1.82) is 0 Å². The predicted octanol–water partition coefficient (Wildman–Crippen LogP) is 1.87. The topological polar surface area (TPSA) is 79.4 Å². The highest BCUT2D eigenvalue weighted by atomic mass is 79.9. The number of halogens is 4. The highest BCUT2D eigenvalue weighted by Gasteiger charge is 2.32. The Morgan fingerprint density at radius 3 is 2.53 bits per heavy atom. The number of carbonyl (C=O) groups is 1. The molecule has 0 amide bonds. The highest BCUT2D eigenvalue weighted by molar-refractivity contribution is 9.08. The van der Waals surface area contributed by atoms with Crippen LogP contribution in [-0.2, 0) is 5.33 Å². The monoisotopic (exact) mass is 315 g/mol. The van der Waals surface area contributed by atoms with E-state index in [9.17, 15) is 22.8 Å². The van der Waals surface area contributed by atoms with E-state index in [4.69, 9.17) is 5.11 Å². The molecule has 94 valence electrons. The van der Waals surface area contributed by atoms with Crippen molar-refractivity contribution in [2.75, 3.05) is 0 Å². The van der Waals surface area contributed by atoms with Crippen molar-refractivity contribution >= 4 is 21.9 Å². The lowest BCUT2D eigenvalue weighted by Crippen LogP contribution is -2.24. The van der Waals surface area contributed by atoms with Crippen molar-refractivity contribution in [1.82, 2.24) is 4.98 Å². The minimum Gasteiger partial charge on any atom is -0.477 e. The van der Waals surface area contributed by atoms with Crippen LogP contribution in [0.3, 0.4) is 0 Å². The van der Waals surface area contributed by atoms with Crippen molar-refractivity contribution in [3.63, 3.8) is 0 Å². The Bertz CT molecular complexity index is 497. The van der Waals surface area contributed by atoms with E-state index in [-0.39, 0.29) is 10.9 Å². The van der Waals surface area contributed by atoms with E-state index in [0.717, 1.165) is 6.07 Å². The number of carboxylic acid groups (broad SMARTS) is 1.